The lowest BCUT2D eigenvalue weighted by molar-refractivity contribution is -0.140. The molecule has 1 saturated heterocycles. The lowest BCUT2D eigenvalue weighted by atomic mass is 10.1. The minimum atomic E-state index is -0.936. The zero-order chi connectivity index (χ0) is 22.9. The molecule has 0 amide bonds. The van der Waals surface area contributed by atoms with Gasteiger partial charge in [-0.15, -0.1) is 0 Å². The fourth-order valence-electron chi connectivity index (χ4n) is 3.74. The van der Waals surface area contributed by atoms with Gasteiger partial charge >= 0.3 is 5.97 Å². The first-order valence-electron chi connectivity index (χ1n) is 10.7. The number of nitrogens with zero attached hydrogens (tertiary/aromatic N) is 1. The molecule has 1 N–H and O–H groups in total. The molecule has 174 valence electrons. The minimum absolute atomic E-state index is 0.112. The van der Waals surface area contributed by atoms with Crippen molar-refractivity contribution in [3.05, 3.63) is 59.7 Å². The van der Waals surface area contributed by atoms with Gasteiger partial charge in [-0.25, -0.2) is 8.78 Å². The van der Waals surface area contributed by atoms with Gasteiger partial charge in [0.1, 0.15) is 30.3 Å². The largest absolute Gasteiger partial charge is 0.491 e. The Balaban J connectivity index is 1.47. The second kappa shape index (κ2) is 11.8. The van der Waals surface area contributed by atoms with E-state index < -0.39 is 17.7 Å². The highest BCUT2D eigenvalue weighted by molar-refractivity contribution is 5.69. The summed E-state index contributed by atoms with van der Waals surface area (Å²) in [4.78, 5) is 13.5. The van der Waals surface area contributed by atoms with Crippen LogP contribution in [0.25, 0.3) is 0 Å². The summed E-state index contributed by atoms with van der Waals surface area (Å²) in [6.07, 6.45) is 1.54. The fraction of sp³-hybridized carbons (Fsp3) is 0.458. The molecule has 0 spiro atoms. The number of halogens is 2. The maximum absolute atomic E-state index is 13.4. The Morgan fingerprint density at radius 2 is 2.03 bits per heavy atom. The van der Waals surface area contributed by atoms with E-state index in [4.69, 9.17) is 9.47 Å². The van der Waals surface area contributed by atoms with Gasteiger partial charge in [-0.05, 0) is 49.6 Å². The number of hydrogen-bond donors (Lipinski definition) is 1. The third kappa shape index (κ3) is 7.17. The maximum atomic E-state index is 13.4. The van der Waals surface area contributed by atoms with Crippen molar-refractivity contribution in [1.29, 1.82) is 0 Å². The molecular weight excluding hydrogens is 420 g/mol. The highest BCUT2D eigenvalue weighted by Crippen LogP contribution is 2.22. The molecular formula is C24H29F2NO5. The summed E-state index contributed by atoms with van der Waals surface area (Å²) in [6, 6.07) is 10.9. The molecule has 2 atom stereocenters. The van der Waals surface area contributed by atoms with Crippen molar-refractivity contribution in [1.82, 2.24) is 4.90 Å². The number of aliphatic hydroxyl groups excluding tert-OH is 1. The molecule has 32 heavy (non-hydrogen) atoms. The summed E-state index contributed by atoms with van der Waals surface area (Å²) >= 11 is 0. The fourth-order valence-corrected chi connectivity index (χ4v) is 3.74. The van der Waals surface area contributed by atoms with Crippen LogP contribution in [0.15, 0.2) is 42.5 Å². The molecule has 0 aromatic heterocycles. The Kier molecular flexibility index (Phi) is 8.81. The standard InChI is InChI=1S/C24H29F2NO5/c1-30-24(29)11-8-17-5-2-3-7-23(17)31-16-18(28)14-27-12-4-6-20(15-27)32-19-9-10-21(25)22(26)13-19/h2-3,5,7,9-10,13,18,20,28H,4,6,8,11-12,14-16H2,1H3. The maximum Gasteiger partial charge on any atom is 0.305 e. The van der Waals surface area contributed by atoms with Crippen molar-refractivity contribution in [2.75, 3.05) is 33.4 Å². The number of aliphatic hydroxyl groups is 1. The van der Waals surface area contributed by atoms with Crippen LogP contribution in [0.3, 0.4) is 0 Å². The third-order valence-corrected chi connectivity index (χ3v) is 5.36. The third-order valence-electron chi connectivity index (χ3n) is 5.36. The number of para-hydroxylation sites is 1. The molecule has 0 bridgehead atoms. The predicted octanol–water partition coefficient (Wildman–Crippen LogP) is 3.35. The zero-order valence-corrected chi connectivity index (χ0v) is 18.1. The molecule has 1 aliphatic rings. The number of piperidine rings is 1. The van der Waals surface area contributed by atoms with Crippen molar-refractivity contribution >= 4 is 5.97 Å². The lowest BCUT2D eigenvalue weighted by Gasteiger charge is -2.34. The number of hydrogen-bond acceptors (Lipinski definition) is 6. The molecule has 2 aromatic carbocycles. The predicted molar refractivity (Wildman–Crippen MR) is 115 cm³/mol. The van der Waals surface area contributed by atoms with Gasteiger partial charge < -0.3 is 19.3 Å². The summed E-state index contributed by atoms with van der Waals surface area (Å²) in [7, 11) is 1.36. The van der Waals surface area contributed by atoms with Crippen LogP contribution in [0.1, 0.15) is 24.8 Å². The van der Waals surface area contributed by atoms with Crippen LogP contribution >= 0.6 is 0 Å². The normalized spacial score (nSPS) is 17.6. The van der Waals surface area contributed by atoms with Crippen molar-refractivity contribution < 1.29 is 32.9 Å². The van der Waals surface area contributed by atoms with Crippen LogP contribution in [-0.2, 0) is 16.0 Å². The number of carbonyl (C=O) groups is 1. The van der Waals surface area contributed by atoms with Crippen LogP contribution in [-0.4, -0.2) is 61.5 Å². The van der Waals surface area contributed by atoms with Crippen molar-refractivity contribution in [3.63, 3.8) is 0 Å². The number of esters is 1. The SMILES string of the molecule is COC(=O)CCc1ccccc1OCC(O)CN1CCCC(Oc2ccc(F)c(F)c2)C1. The van der Waals surface area contributed by atoms with Crippen LogP contribution in [0, 0.1) is 11.6 Å². The Morgan fingerprint density at radius 1 is 1.22 bits per heavy atom. The van der Waals surface area contributed by atoms with Gasteiger partial charge in [0.15, 0.2) is 11.6 Å². The van der Waals surface area contributed by atoms with Crippen molar-refractivity contribution in [3.8, 4) is 11.5 Å². The molecule has 8 heteroatoms. The van der Waals surface area contributed by atoms with E-state index in [1.807, 2.05) is 24.3 Å². The monoisotopic (exact) mass is 449 g/mol. The average molecular weight is 449 g/mol. The first-order valence-corrected chi connectivity index (χ1v) is 10.7. The van der Waals surface area contributed by atoms with Crippen LogP contribution < -0.4 is 9.47 Å². The summed E-state index contributed by atoms with van der Waals surface area (Å²) in [6.45, 7) is 1.90. The van der Waals surface area contributed by atoms with E-state index in [2.05, 4.69) is 9.64 Å². The second-order valence-corrected chi connectivity index (χ2v) is 7.87. The van der Waals surface area contributed by atoms with E-state index in [9.17, 15) is 18.7 Å². The topological polar surface area (TPSA) is 68.2 Å². The van der Waals surface area contributed by atoms with Gasteiger partial charge in [0, 0.05) is 25.6 Å². The highest BCUT2D eigenvalue weighted by atomic mass is 19.2. The van der Waals surface area contributed by atoms with Gasteiger partial charge in [-0.2, -0.15) is 0 Å². The zero-order valence-electron chi connectivity index (χ0n) is 18.1. The second-order valence-electron chi connectivity index (χ2n) is 7.87. The van der Waals surface area contributed by atoms with Crippen LogP contribution in [0.5, 0.6) is 11.5 Å². The lowest BCUT2D eigenvalue weighted by Crippen LogP contribution is -2.45. The van der Waals surface area contributed by atoms with E-state index in [1.165, 1.54) is 13.2 Å². The smallest absolute Gasteiger partial charge is 0.305 e. The molecule has 2 unspecified atom stereocenters. The van der Waals surface area contributed by atoms with Gasteiger partial charge in [0.25, 0.3) is 0 Å². The Bertz CT molecular complexity index is 894. The van der Waals surface area contributed by atoms with E-state index in [0.29, 0.717) is 31.0 Å². The molecule has 3 rings (SSSR count). The van der Waals surface area contributed by atoms with E-state index in [-0.39, 0.29) is 25.1 Å². The molecule has 2 aromatic rings. The number of ether oxygens (including phenoxy) is 3. The molecule has 1 aliphatic heterocycles. The molecule has 1 fully saturated rings. The van der Waals surface area contributed by atoms with Gasteiger partial charge in [0.2, 0.25) is 0 Å². The Hall–Kier alpha value is -2.71. The van der Waals surface area contributed by atoms with E-state index >= 15 is 0 Å². The van der Waals surface area contributed by atoms with Gasteiger partial charge in [0.05, 0.1) is 7.11 Å². The molecule has 0 saturated carbocycles. The number of β-amino-alcohol motifs (C(OH)–C–C–N with tert-alkyl or cyclic N) is 1. The summed E-state index contributed by atoms with van der Waals surface area (Å²) in [5, 5.41) is 10.5. The quantitative estimate of drug-likeness (QED) is 0.561. The molecule has 6 nitrogen and oxygen atoms in total. The highest BCUT2D eigenvalue weighted by Gasteiger charge is 2.24. The average Bonchev–Trinajstić information content (AvgIpc) is 2.79. The number of carbonyl (C=O) groups excluding carboxylic acids is 1. The number of aryl methyl sites for hydroxylation is 1. The van der Waals surface area contributed by atoms with Crippen LogP contribution in [0.2, 0.25) is 0 Å². The summed E-state index contributed by atoms with van der Waals surface area (Å²) < 4.78 is 42.8. The summed E-state index contributed by atoms with van der Waals surface area (Å²) in [5.41, 5.74) is 0.878. The first-order chi connectivity index (χ1) is 15.4. The Morgan fingerprint density at radius 3 is 2.81 bits per heavy atom. The Labute approximate surface area is 186 Å². The van der Waals surface area contributed by atoms with E-state index in [1.54, 1.807) is 0 Å². The molecule has 1 heterocycles. The van der Waals surface area contributed by atoms with E-state index in [0.717, 1.165) is 37.1 Å². The number of benzene rings is 2. The van der Waals surface area contributed by atoms with Gasteiger partial charge in [-0.1, -0.05) is 18.2 Å². The summed E-state index contributed by atoms with van der Waals surface area (Å²) in [5.74, 6) is -1.20. The first kappa shape index (κ1) is 23.9. The van der Waals surface area contributed by atoms with Crippen molar-refractivity contribution in [2.45, 2.75) is 37.9 Å². The van der Waals surface area contributed by atoms with Gasteiger partial charge in [-0.3, -0.25) is 9.69 Å². The number of rotatable bonds is 10. The molecule has 0 radical (unpaired) electrons. The molecule has 0 aliphatic carbocycles. The minimum Gasteiger partial charge on any atom is -0.491 e. The van der Waals surface area contributed by atoms with Crippen LogP contribution in [0.4, 0.5) is 8.78 Å². The number of methoxy groups -OCH3 is 1. The number of likely N-dealkylation sites (tertiary alicyclic amines) is 1. The van der Waals surface area contributed by atoms with Crippen molar-refractivity contribution in [2.24, 2.45) is 0 Å².